The summed E-state index contributed by atoms with van der Waals surface area (Å²) in [7, 11) is 0. The zero-order valence-electron chi connectivity index (χ0n) is 20.0. The molecule has 12 nitrogen and oxygen atoms in total. The van der Waals surface area contributed by atoms with Gasteiger partial charge in [-0.2, -0.15) is 0 Å². The predicted octanol–water partition coefficient (Wildman–Crippen LogP) is 4.69. The van der Waals surface area contributed by atoms with E-state index in [2.05, 4.69) is 10.6 Å². The number of carboxylic acid groups (broad SMARTS) is 1. The summed E-state index contributed by atoms with van der Waals surface area (Å²) in [5.41, 5.74) is 3.39. The van der Waals surface area contributed by atoms with Gasteiger partial charge in [0, 0.05) is 18.5 Å². The quantitative estimate of drug-likeness (QED) is 0.184. The molecule has 0 saturated carbocycles. The van der Waals surface area contributed by atoms with Crippen molar-refractivity contribution in [2.45, 2.75) is 24.8 Å². The molecule has 0 aromatic heterocycles. The fourth-order valence-electron chi connectivity index (χ4n) is 4.50. The molecule has 0 fully saturated rings. The molecular formula is C26H24N4O8. The number of nitrogens with zero attached hydrogens (tertiary/aromatic N) is 2. The SMILES string of the molecule is O=C(NC(CCCNc1ccc([N+](=O)[O-])cc1[N+](=O)[O-])C(=O)O)OCC1c2ccccc2-c2ccccc21. The zero-order valence-corrected chi connectivity index (χ0v) is 20.0. The lowest BCUT2D eigenvalue weighted by Gasteiger charge is -2.17. The predicted molar refractivity (Wildman–Crippen MR) is 137 cm³/mol. The van der Waals surface area contributed by atoms with Crippen LogP contribution in [0, 0.1) is 20.2 Å². The second-order valence-corrected chi connectivity index (χ2v) is 8.65. The Morgan fingerprint density at radius 3 is 2.16 bits per heavy atom. The molecule has 1 aliphatic carbocycles. The molecule has 0 radical (unpaired) electrons. The molecule has 38 heavy (non-hydrogen) atoms. The third kappa shape index (κ3) is 5.69. The van der Waals surface area contributed by atoms with Gasteiger partial charge in [0.15, 0.2) is 0 Å². The van der Waals surface area contributed by atoms with Crippen molar-refractivity contribution in [3.05, 3.63) is 98.1 Å². The van der Waals surface area contributed by atoms with Gasteiger partial charge in [-0.15, -0.1) is 0 Å². The Labute approximate surface area is 216 Å². The molecule has 1 atom stereocenters. The molecule has 3 N–H and O–H groups in total. The Hall–Kier alpha value is -5.00. The average molecular weight is 520 g/mol. The molecule has 1 unspecified atom stereocenters. The highest BCUT2D eigenvalue weighted by molar-refractivity contribution is 5.81. The van der Waals surface area contributed by atoms with E-state index in [1.807, 2.05) is 48.5 Å². The van der Waals surface area contributed by atoms with Gasteiger partial charge in [0.2, 0.25) is 0 Å². The number of hydrogen-bond donors (Lipinski definition) is 3. The fourth-order valence-corrected chi connectivity index (χ4v) is 4.50. The Kier molecular flexibility index (Phi) is 7.80. The van der Waals surface area contributed by atoms with Crippen molar-refractivity contribution in [2.24, 2.45) is 0 Å². The van der Waals surface area contributed by atoms with Gasteiger partial charge >= 0.3 is 12.1 Å². The first-order chi connectivity index (χ1) is 18.3. The van der Waals surface area contributed by atoms with Gasteiger partial charge in [0.25, 0.3) is 11.4 Å². The Balaban J connectivity index is 1.30. The number of carboxylic acids is 1. The van der Waals surface area contributed by atoms with Crippen LogP contribution in [0.4, 0.5) is 21.9 Å². The number of alkyl carbamates (subject to hydrolysis) is 1. The summed E-state index contributed by atoms with van der Waals surface area (Å²) in [6.45, 7) is 0.173. The van der Waals surface area contributed by atoms with Gasteiger partial charge in [-0.05, 0) is 41.2 Å². The molecule has 196 valence electrons. The van der Waals surface area contributed by atoms with Crippen molar-refractivity contribution in [3.63, 3.8) is 0 Å². The van der Waals surface area contributed by atoms with Gasteiger partial charge in [0.05, 0.1) is 15.9 Å². The van der Waals surface area contributed by atoms with Crippen LogP contribution in [0.25, 0.3) is 11.1 Å². The molecule has 12 heteroatoms. The summed E-state index contributed by atoms with van der Waals surface area (Å²) in [5.74, 6) is -1.42. The van der Waals surface area contributed by atoms with Crippen molar-refractivity contribution in [1.29, 1.82) is 0 Å². The summed E-state index contributed by atoms with van der Waals surface area (Å²) in [6, 6.07) is 17.6. The number of nitrogens with one attached hydrogen (secondary N) is 2. The number of rotatable bonds is 11. The minimum atomic E-state index is -1.25. The first-order valence-electron chi connectivity index (χ1n) is 11.8. The van der Waals surface area contributed by atoms with Crippen molar-refractivity contribution in [1.82, 2.24) is 5.32 Å². The summed E-state index contributed by atoms with van der Waals surface area (Å²) < 4.78 is 5.41. The highest BCUT2D eigenvalue weighted by Crippen LogP contribution is 2.44. The van der Waals surface area contributed by atoms with E-state index in [4.69, 9.17) is 4.74 Å². The topological polar surface area (TPSA) is 174 Å². The van der Waals surface area contributed by atoms with Gasteiger partial charge < -0.3 is 20.5 Å². The molecule has 0 bridgehead atoms. The maximum absolute atomic E-state index is 12.5. The third-order valence-electron chi connectivity index (χ3n) is 6.31. The van der Waals surface area contributed by atoms with Gasteiger partial charge in [-0.3, -0.25) is 20.2 Å². The average Bonchev–Trinajstić information content (AvgIpc) is 3.22. The van der Waals surface area contributed by atoms with E-state index in [1.54, 1.807) is 0 Å². The molecule has 0 heterocycles. The minimum Gasteiger partial charge on any atom is -0.480 e. The van der Waals surface area contributed by atoms with Crippen LogP contribution in [-0.4, -0.2) is 46.2 Å². The van der Waals surface area contributed by atoms with Crippen LogP contribution in [0.5, 0.6) is 0 Å². The van der Waals surface area contributed by atoms with Crippen molar-refractivity contribution in [3.8, 4) is 11.1 Å². The van der Waals surface area contributed by atoms with E-state index < -0.39 is 39.3 Å². The molecule has 0 spiro atoms. The lowest BCUT2D eigenvalue weighted by Crippen LogP contribution is -2.41. The maximum atomic E-state index is 12.5. The van der Waals surface area contributed by atoms with Crippen LogP contribution in [0.2, 0.25) is 0 Å². The molecule has 1 aliphatic rings. The number of nitro benzene ring substituents is 2. The molecule has 3 aromatic carbocycles. The lowest BCUT2D eigenvalue weighted by atomic mass is 9.98. The standard InChI is InChI=1S/C26H24N4O8/c31-25(32)23(10-5-13-27-22-12-11-16(29(34)35)14-24(22)30(36)37)28-26(33)38-15-21-19-8-3-1-6-17(19)18-7-2-4-9-20(18)21/h1-4,6-9,11-12,14,21,23,27H,5,10,13,15H2,(H,28,33)(H,31,32). The van der Waals surface area contributed by atoms with E-state index >= 15 is 0 Å². The summed E-state index contributed by atoms with van der Waals surface area (Å²) in [5, 5.41) is 36.8. The highest BCUT2D eigenvalue weighted by Gasteiger charge is 2.29. The largest absolute Gasteiger partial charge is 0.480 e. The molecule has 3 aromatic rings. The number of carbonyl (C=O) groups is 2. The van der Waals surface area contributed by atoms with Crippen LogP contribution in [-0.2, 0) is 9.53 Å². The minimum absolute atomic E-state index is 0.0211. The molecule has 4 rings (SSSR count). The smallest absolute Gasteiger partial charge is 0.407 e. The van der Waals surface area contributed by atoms with Gasteiger partial charge in [-0.25, -0.2) is 9.59 Å². The van der Waals surface area contributed by atoms with Crippen LogP contribution >= 0.6 is 0 Å². The van der Waals surface area contributed by atoms with Gasteiger partial charge in [0.1, 0.15) is 18.3 Å². The van der Waals surface area contributed by atoms with Crippen LogP contribution < -0.4 is 10.6 Å². The number of ether oxygens (including phenoxy) is 1. The zero-order chi connectivity index (χ0) is 27.2. The van der Waals surface area contributed by atoms with Crippen molar-refractivity contribution in [2.75, 3.05) is 18.5 Å². The maximum Gasteiger partial charge on any atom is 0.407 e. The van der Waals surface area contributed by atoms with E-state index in [0.29, 0.717) is 0 Å². The second kappa shape index (κ2) is 11.4. The number of fused-ring (bicyclic) bond motifs is 3. The molecule has 0 saturated heterocycles. The number of non-ortho nitro benzene ring substituents is 1. The Morgan fingerprint density at radius 1 is 0.947 bits per heavy atom. The van der Waals surface area contributed by atoms with Gasteiger partial charge in [-0.1, -0.05) is 48.5 Å². The second-order valence-electron chi connectivity index (χ2n) is 8.65. The summed E-state index contributed by atoms with van der Waals surface area (Å²) in [6.07, 6.45) is -0.611. The number of benzene rings is 3. The van der Waals surface area contributed by atoms with Crippen LogP contribution in [0.15, 0.2) is 66.7 Å². The monoisotopic (exact) mass is 520 g/mol. The fraction of sp³-hybridized carbons (Fsp3) is 0.231. The first kappa shape index (κ1) is 26.1. The third-order valence-corrected chi connectivity index (χ3v) is 6.31. The lowest BCUT2D eigenvalue weighted by molar-refractivity contribution is -0.393. The molecular weight excluding hydrogens is 496 g/mol. The number of carbonyl (C=O) groups excluding carboxylic acids is 1. The summed E-state index contributed by atoms with van der Waals surface area (Å²) >= 11 is 0. The molecule has 1 amide bonds. The Bertz CT molecular complexity index is 1350. The number of anilines is 1. The summed E-state index contributed by atoms with van der Waals surface area (Å²) in [4.78, 5) is 44.8. The van der Waals surface area contributed by atoms with Crippen LogP contribution in [0.1, 0.15) is 29.9 Å². The van der Waals surface area contributed by atoms with E-state index in [0.717, 1.165) is 34.4 Å². The highest BCUT2D eigenvalue weighted by atomic mass is 16.6. The van der Waals surface area contributed by atoms with E-state index in [9.17, 15) is 34.9 Å². The number of hydrogen-bond acceptors (Lipinski definition) is 8. The number of nitro groups is 2. The normalized spacial score (nSPS) is 12.6. The van der Waals surface area contributed by atoms with Crippen molar-refractivity contribution < 1.29 is 29.3 Å². The first-order valence-corrected chi connectivity index (χ1v) is 11.8. The van der Waals surface area contributed by atoms with E-state index in [1.165, 1.54) is 6.07 Å². The van der Waals surface area contributed by atoms with E-state index in [-0.39, 0.29) is 37.6 Å². The molecule has 0 aliphatic heterocycles. The van der Waals surface area contributed by atoms with Crippen molar-refractivity contribution >= 4 is 29.1 Å². The number of aliphatic carboxylic acids is 1. The number of amides is 1. The van der Waals surface area contributed by atoms with Crippen LogP contribution in [0.3, 0.4) is 0 Å². The Morgan fingerprint density at radius 2 is 1.58 bits per heavy atom.